The molecule has 18 heavy (non-hydrogen) atoms. The summed E-state index contributed by atoms with van der Waals surface area (Å²) in [4.78, 5) is 0. The van der Waals surface area contributed by atoms with E-state index in [2.05, 4.69) is 6.92 Å². The zero-order valence-electron chi connectivity index (χ0n) is 10.0. The second kappa shape index (κ2) is 5.51. The van der Waals surface area contributed by atoms with Gasteiger partial charge in [0.2, 0.25) is 0 Å². The molecule has 0 saturated carbocycles. The lowest BCUT2D eigenvalue weighted by Crippen LogP contribution is -2.00. The van der Waals surface area contributed by atoms with E-state index in [0.717, 1.165) is 12.0 Å². The third-order valence-electron chi connectivity index (χ3n) is 2.96. The summed E-state index contributed by atoms with van der Waals surface area (Å²) in [5.74, 6) is -0.515. The van der Waals surface area contributed by atoms with Gasteiger partial charge in [-0.15, -0.1) is 0 Å². The van der Waals surface area contributed by atoms with E-state index in [9.17, 15) is 9.50 Å². The molecule has 0 aliphatic heterocycles. The zero-order chi connectivity index (χ0) is 13.1. The first-order valence-corrected chi connectivity index (χ1v) is 6.21. The molecular formula is C15H14ClFO. The summed E-state index contributed by atoms with van der Waals surface area (Å²) in [6, 6.07) is 12.0. The van der Waals surface area contributed by atoms with E-state index in [4.69, 9.17) is 11.6 Å². The van der Waals surface area contributed by atoms with E-state index >= 15 is 0 Å². The second-order valence-electron chi connectivity index (χ2n) is 4.17. The Morgan fingerprint density at radius 2 is 1.72 bits per heavy atom. The lowest BCUT2D eigenvalue weighted by molar-refractivity contribution is 0.220. The van der Waals surface area contributed by atoms with Crippen LogP contribution < -0.4 is 0 Å². The predicted molar refractivity (Wildman–Crippen MR) is 71.3 cm³/mol. The van der Waals surface area contributed by atoms with Gasteiger partial charge in [0.25, 0.3) is 0 Å². The summed E-state index contributed by atoms with van der Waals surface area (Å²) in [5.41, 5.74) is 2.45. The smallest absolute Gasteiger partial charge is 0.142 e. The number of aliphatic hydroxyl groups is 1. The molecular weight excluding hydrogens is 251 g/mol. The number of aryl methyl sites for hydroxylation is 1. The van der Waals surface area contributed by atoms with Crippen molar-refractivity contribution >= 4 is 11.6 Å². The average molecular weight is 265 g/mol. The van der Waals surface area contributed by atoms with Gasteiger partial charge >= 0.3 is 0 Å². The van der Waals surface area contributed by atoms with Gasteiger partial charge in [-0.3, -0.25) is 0 Å². The first kappa shape index (κ1) is 13.1. The molecule has 0 heterocycles. The lowest BCUT2D eigenvalue weighted by Gasteiger charge is -2.12. The summed E-state index contributed by atoms with van der Waals surface area (Å²) < 4.78 is 13.3. The molecule has 1 nitrogen and oxygen atoms in total. The summed E-state index contributed by atoms with van der Waals surface area (Å²) in [5, 5.41) is 10.2. The Bertz CT molecular complexity index is 537. The van der Waals surface area contributed by atoms with Crippen molar-refractivity contribution in [3.05, 3.63) is 70.0 Å². The largest absolute Gasteiger partial charge is 0.384 e. The van der Waals surface area contributed by atoms with Crippen LogP contribution in [0.2, 0.25) is 5.02 Å². The first-order chi connectivity index (χ1) is 8.61. The molecule has 1 N–H and O–H groups in total. The molecule has 94 valence electrons. The average Bonchev–Trinajstić information content (AvgIpc) is 2.41. The van der Waals surface area contributed by atoms with Crippen LogP contribution in [-0.4, -0.2) is 5.11 Å². The summed E-state index contributed by atoms with van der Waals surface area (Å²) in [6.45, 7) is 2.07. The quantitative estimate of drug-likeness (QED) is 0.884. The van der Waals surface area contributed by atoms with Crippen molar-refractivity contribution < 1.29 is 9.50 Å². The van der Waals surface area contributed by atoms with Crippen LogP contribution in [0.25, 0.3) is 0 Å². The summed E-state index contributed by atoms with van der Waals surface area (Å²) >= 11 is 5.61. The molecule has 0 radical (unpaired) electrons. The third kappa shape index (κ3) is 2.71. The fourth-order valence-corrected chi connectivity index (χ4v) is 1.93. The van der Waals surface area contributed by atoms with Crippen LogP contribution in [0.5, 0.6) is 0 Å². The molecule has 1 unspecified atom stereocenters. The van der Waals surface area contributed by atoms with Crippen LogP contribution >= 0.6 is 11.6 Å². The fraction of sp³-hybridized carbons (Fsp3) is 0.200. The second-order valence-corrected chi connectivity index (χ2v) is 4.58. The van der Waals surface area contributed by atoms with E-state index in [-0.39, 0.29) is 5.02 Å². The van der Waals surface area contributed by atoms with Gasteiger partial charge in [-0.2, -0.15) is 0 Å². The van der Waals surface area contributed by atoms with Gasteiger partial charge in [-0.1, -0.05) is 48.9 Å². The van der Waals surface area contributed by atoms with E-state index in [1.54, 1.807) is 6.07 Å². The van der Waals surface area contributed by atoms with Crippen molar-refractivity contribution in [1.82, 2.24) is 0 Å². The number of rotatable bonds is 3. The molecule has 0 aliphatic rings. The van der Waals surface area contributed by atoms with Crippen LogP contribution in [0.15, 0.2) is 42.5 Å². The topological polar surface area (TPSA) is 20.2 Å². The molecule has 2 aromatic rings. The standard InChI is InChI=1S/C15H14ClFO/c1-2-10-3-5-11(6-4-10)15(18)12-7-8-13(16)14(17)9-12/h3-9,15,18H,2H2,1H3. The number of hydrogen-bond donors (Lipinski definition) is 1. The number of halogens is 2. The van der Waals surface area contributed by atoms with Crippen LogP contribution in [-0.2, 0) is 6.42 Å². The molecule has 0 saturated heterocycles. The van der Waals surface area contributed by atoms with Crippen molar-refractivity contribution in [2.45, 2.75) is 19.4 Å². The number of aliphatic hydroxyl groups excluding tert-OH is 1. The van der Waals surface area contributed by atoms with Gasteiger partial charge in [0.1, 0.15) is 11.9 Å². The predicted octanol–water partition coefficient (Wildman–Crippen LogP) is 4.12. The molecule has 2 aromatic carbocycles. The van der Waals surface area contributed by atoms with Crippen LogP contribution in [0.3, 0.4) is 0 Å². The molecule has 3 heteroatoms. The van der Waals surface area contributed by atoms with Crippen molar-refractivity contribution in [1.29, 1.82) is 0 Å². The Kier molecular flexibility index (Phi) is 4.00. The monoisotopic (exact) mass is 264 g/mol. The van der Waals surface area contributed by atoms with Gasteiger partial charge in [-0.25, -0.2) is 4.39 Å². The molecule has 0 aliphatic carbocycles. The highest BCUT2D eigenvalue weighted by Gasteiger charge is 2.12. The molecule has 0 amide bonds. The van der Waals surface area contributed by atoms with Crippen molar-refractivity contribution in [2.24, 2.45) is 0 Å². The van der Waals surface area contributed by atoms with E-state index in [1.165, 1.54) is 17.7 Å². The Morgan fingerprint density at radius 1 is 1.11 bits per heavy atom. The number of hydrogen-bond acceptors (Lipinski definition) is 1. The SMILES string of the molecule is CCc1ccc(C(O)c2ccc(Cl)c(F)c2)cc1. The van der Waals surface area contributed by atoms with Crippen molar-refractivity contribution in [3.8, 4) is 0 Å². The van der Waals surface area contributed by atoms with E-state index in [0.29, 0.717) is 5.56 Å². The van der Waals surface area contributed by atoms with Gasteiger partial charge in [0.15, 0.2) is 0 Å². The molecule has 0 fully saturated rings. The van der Waals surface area contributed by atoms with Crippen LogP contribution in [0, 0.1) is 5.82 Å². The Hall–Kier alpha value is -1.38. The molecule has 0 bridgehead atoms. The first-order valence-electron chi connectivity index (χ1n) is 5.83. The van der Waals surface area contributed by atoms with Crippen LogP contribution in [0.1, 0.15) is 29.7 Å². The molecule has 0 aromatic heterocycles. The van der Waals surface area contributed by atoms with Gasteiger partial charge in [0.05, 0.1) is 5.02 Å². The highest BCUT2D eigenvalue weighted by atomic mass is 35.5. The Balaban J connectivity index is 2.28. The highest BCUT2D eigenvalue weighted by molar-refractivity contribution is 6.30. The minimum Gasteiger partial charge on any atom is -0.384 e. The number of benzene rings is 2. The van der Waals surface area contributed by atoms with Gasteiger partial charge in [-0.05, 0) is 35.2 Å². The zero-order valence-corrected chi connectivity index (χ0v) is 10.8. The van der Waals surface area contributed by atoms with E-state index in [1.807, 2.05) is 24.3 Å². The molecule has 2 rings (SSSR count). The Labute approximate surface area is 111 Å². The maximum absolute atomic E-state index is 13.3. The fourth-order valence-electron chi connectivity index (χ4n) is 1.81. The molecule has 1 atom stereocenters. The van der Waals surface area contributed by atoms with Gasteiger partial charge in [0, 0.05) is 0 Å². The molecule has 0 spiro atoms. The summed E-state index contributed by atoms with van der Waals surface area (Å²) in [6.07, 6.45) is 0.119. The van der Waals surface area contributed by atoms with E-state index < -0.39 is 11.9 Å². The third-order valence-corrected chi connectivity index (χ3v) is 3.27. The Morgan fingerprint density at radius 3 is 2.28 bits per heavy atom. The van der Waals surface area contributed by atoms with Crippen LogP contribution in [0.4, 0.5) is 4.39 Å². The maximum Gasteiger partial charge on any atom is 0.142 e. The summed E-state index contributed by atoms with van der Waals surface area (Å²) in [7, 11) is 0. The lowest BCUT2D eigenvalue weighted by atomic mass is 10.00. The minimum atomic E-state index is -0.831. The van der Waals surface area contributed by atoms with Crippen molar-refractivity contribution in [3.63, 3.8) is 0 Å². The highest BCUT2D eigenvalue weighted by Crippen LogP contribution is 2.25. The normalized spacial score (nSPS) is 12.4. The van der Waals surface area contributed by atoms with Crippen molar-refractivity contribution in [2.75, 3.05) is 0 Å². The van der Waals surface area contributed by atoms with Gasteiger partial charge < -0.3 is 5.11 Å². The minimum absolute atomic E-state index is 0.0623. The maximum atomic E-state index is 13.3.